The molecule has 2 N–H and O–H groups in total. The molecule has 8 nitrogen and oxygen atoms in total. The summed E-state index contributed by atoms with van der Waals surface area (Å²) < 4.78 is 47.9. The molecule has 1 aromatic rings. The minimum absolute atomic E-state index is 0.0479. The highest BCUT2D eigenvalue weighted by atomic mass is 19.4. The van der Waals surface area contributed by atoms with Crippen molar-refractivity contribution in [1.82, 2.24) is 10.6 Å². The van der Waals surface area contributed by atoms with Gasteiger partial charge >= 0.3 is 18.1 Å². The molecule has 34 heavy (non-hydrogen) atoms. The van der Waals surface area contributed by atoms with Crippen LogP contribution in [0.25, 0.3) is 0 Å². The summed E-state index contributed by atoms with van der Waals surface area (Å²) in [5, 5.41) is 5.07. The predicted octanol–water partition coefficient (Wildman–Crippen LogP) is 2.78. The van der Waals surface area contributed by atoms with Crippen LogP contribution in [0, 0.1) is 5.92 Å². The van der Waals surface area contributed by atoms with E-state index in [9.17, 15) is 32.3 Å². The molecule has 0 aliphatic carbocycles. The van der Waals surface area contributed by atoms with Gasteiger partial charge in [-0.25, -0.2) is 4.79 Å². The van der Waals surface area contributed by atoms with Crippen molar-refractivity contribution in [3.05, 3.63) is 35.4 Å². The van der Waals surface area contributed by atoms with Crippen LogP contribution in [-0.4, -0.2) is 49.1 Å². The van der Waals surface area contributed by atoms with Crippen LogP contribution in [0.4, 0.5) is 13.2 Å². The van der Waals surface area contributed by atoms with Crippen molar-refractivity contribution in [2.75, 3.05) is 13.2 Å². The molecule has 0 aliphatic rings. The minimum atomic E-state index is -4.48. The number of esters is 2. The van der Waals surface area contributed by atoms with Crippen LogP contribution in [0.2, 0.25) is 0 Å². The number of hydrogen-bond acceptors (Lipinski definition) is 6. The number of carbonyl (C=O) groups excluding carboxylic acids is 4. The molecule has 0 aliphatic heterocycles. The van der Waals surface area contributed by atoms with Crippen molar-refractivity contribution >= 4 is 23.8 Å². The normalized spacial score (nSPS) is 13.1. The molecule has 1 aromatic carbocycles. The first-order valence-corrected chi connectivity index (χ1v) is 11.0. The number of rotatable bonds is 12. The second kappa shape index (κ2) is 13.6. The lowest BCUT2D eigenvalue weighted by molar-refractivity contribution is -0.149. The molecule has 2 amide bonds. The highest BCUT2D eigenvalue weighted by Gasteiger charge is 2.31. The SMILES string of the molecule is CCOC(=O)CC[C@@H](NC(=O)[C@@H](NC(=O)Cc1ccc(C(F)(F)F)cc1)C(C)C)C(=O)OCC. The summed E-state index contributed by atoms with van der Waals surface area (Å²) in [6.07, 6.45) is -4.89. The van der Waals surface area contributed by atoms with Crippen LogP contribution >= 0.6 is 0 Å². The first-order chi connectivity index (χ1) is 15.9. The first-order valence-electron chi connectivity index (χ1n) is 11.0. The van der Waals surface area contributed by atoms with Gasteiger partial charge in [0.05, 0.1) is 25.2 Å². The maximum Gasteiger partial charge on any atom is 0.416 e. The van der Waals surface area contributed by atoms with Gasteiger partial charge in [-0.3, -0.25) is 14.4 Å². The van der Waals surface area contributed by atoms with Crippen LogP contribution < -0.4 is 10.6 Å². The Hall–Kier alpha value is -3.11. The summed E-state index contributed by atoms with van der Waals surface area (Å²) in [4.78, 5) is 49.2. The average Bonchev–Trinajstić information content (AvgIpc) is 2.74. The minimum Gasteiger partial charge on any atom is -0.466 e. The van der Waals surface area contributed by atoms with Crippen molar-refractivity contribution in [2.24, 2.45) is 5.92 Å². The fraction of sp³-hybridized carbons (Fsp3) is 0.565. The number of hydrogen-bond donors (Lipinski definition) is 2. The molecule has 0 aromatic heterocycles. The van der Waals surface area contributed by atoms with E-state index in [0.717, 1.165) is 12.1 Å². The molecule has 1 rings (SSSR count). The number of nitrogens with one attached hydrogen (secondary N) is 2. The van der Waals surface area contributed by atoms with Gasteiger partial charge in [-0.15, -0.1) is 0 Å². The summed E-state index contributed by atoms with van der Waals surface area (Å²) >= 11 is 0. The van der Waals surface area contributed by atoms with Gasteiger partial charge in [0.2, 0.25) is 11.8 Å². The Morgan fingerprint density at radius 1 is 0.941 bits per heavy atom. The highest BCUT2D eigenvalue weighted by Crippen LogP contribution is 2.29. The van der Waals surface area contributed by atoms with E-state index >= 15 is 0 Å². The topological polar surface area (TPSA) is 111 Å². The van der Waals surface area contributed by atoms with E-state index in [1.54, 1.807) is 27.7 Å². The zero-order chi connectivity index (χ0) is 25.9. The summed E-state index contributed by atoms with van der Waals surface area (Å²) in [5.41, 5.74) is -0.490. The van der Waals surface area contributed by atoms with Gasteiger partial charge in [0, 0.05) is 6.42 Å². The third kappa shape index (κ3) is 9.80. The average molecular weight is 489 g/mol. The maximum atomic E-state index is 12.8. The van der Waals surface area contributed by atoms with Crippen LogP contribution in [0.1, 0.15) is 51.7 Å². The van der Waals surface area contributed by atoms with E-state index < -0.39 is 47.6 Å². The van der Waals surface area contributed by atoms with Gasteiger partial charge in [0.1, 0.15) is 12.1 Å². The summed E-state index contributed by atoms with van der Waals surface area (Å²) in [7, 11) is 0. The monoisotopic (exact) mass is 488 g/mol. The van der Waals surface area contributed by atoms with E-state index in [-0.39, 0.29) is 38.4 Å². The number of alkyl halides is 3. The van der Waals surface area contributed by atoms with Gasteiger partial charge in [0.15, 0.2) is 0 Å². The quantitative estimate of drug-likeness (QED) is 0.438. The van der Waals surface area contributed by atoms with Crippen molar-refractivity contribution in [3.8, 4) is 0 Å². The molecule has 0 unspecified atom stereocenters. The van der Waals surface area contributed by atoms with Gasteiger partial charge in [-0.05, 0) is 43.9 Å². The van der Waals surface area contributed by atoms with E-state index in [2.05, 4.69) is 10.6 Å². The summed E-state index contributed by atoms with van der Waals surface area (Å²) in [5.74, 6) is -2.86. The van der Waals surface area contributed by atoms with Gasteiger partial charge in [-0.1, -0.05) is 26.0 Å². The van der Waals surface area contributed by atoms with Crippen LogP contribution in [0.5, 0.6) is 0 Å². The first kappa shape index (κ1) is 28.9. The van der Waals surface area contributed by atoms with E-state index in [1.165, 1.54) is 12.1 Å². The molecule has 2 atom stereocenters. The molecule has 0 radical (unpaired) electrons. The number of amides is 2. The number of halogens is 3. The van der Waals surface area contributed by atoms with E-state index in [1.807, 2.05) is 0 Å². The van der Waals surface area contributed by atoms with Crippen molar-refractivity contribution in [3.63, 3.8) is 0 Å². The largest absolute Gasteiger partial charge is 0.466 e. The molecule has 0 fully saturated rings. The Kier molecular flexibility index (Phi) is 11.5. The maximum absolute atomic E-state index is 12.8. The molecule has 0 saturated carbocycles. The zero-order valence-corrected chi connectivity index (χ0v) is 19.7. The van der Waals surface area contributed by atoms with Crippen molar-refractivity contribution in [2.45, 2.75) is 65.2 Å². The van der Waals surface area contributed by atoms with Crippen LogP contribution in [-0.2, 0) is 41.2 Å². The molecular weight excluding hydrogens is 457 g/mol. The molecule has 0 spiro atoms. The van der Waals surface area contributed by atoms with E-state index in [4.69, 9.17) is 9.47 Å². The third-order valence-corrected chi connectivity index (χ3v) is 4.74. The lowest BCUT2D eigenvalue weighted by Gasteiger charge is -2.25. The molecule has 11 heteroatoms. The lowest BCUT2D eigenvalue weighted by atomic mass is 10.0. The van der Waals surface area contributed by atoms with Crippen molar-refractivity contribution in [1.29, 1.82) is 0 Å². The Bertz CT molecular complexity index is 840. The number of benzene rings is 1. The Balaban J connectivity index is 2.83. The Morgan fingerprint density at radius 3 is 2.03 bits per heavy atom. The molecular formula is C23H31F3N2O6. The Labute approximate surface area is 196 Å². The lowest BCUT2D eigenvalue weighted by Crippen LogP contribution is -2.54. The van der Waals surface area contributed by atoms with Gasteiger partial charge in [-0.2, -0.15) is 13.2 Å². The van der Waals surface area contributed by atoms with Crippen LogP contribution in [0.15, 0.2) is 24.3 Å². The number of ether oxygens (including phenoxy) is 2. The second-order valence-electron chi connectivity index (χ2n) is 7.82. The highest BCUT2D eigenvalue weighted by molar-refractivity contribution is 5.91. The zero-order valence-electron chi connectivity index (χ0n) is 19.7. The molecule has 0 bridgehead atoms. The standard InChI is InChI=1S/C23H31F3N2O6/c1-5-33-19(30)12-11-17(22(32)34-6-2)27-21(31)20(14(3)4)28-18(29)13-15-7-9-16(10-8-15)23(24,25)26/h7-10,14,17,20H,5-6,11-13H2,1-4H3,(H,27,31)(H,28,29)/t17-,20+/m1/s1. The fourth-order valence-corrected chi connectivity index (χ4v) is 3.01. The van der Waals surface area contributed by atoms with Gasteiger partial charge in [0.25, 0.3) is 0 Å². The van der Waals surface area contributed by atoms with Gasteiger partial charge < -0.3 is 20.1 Å². The second-order valence-corrected chi connectivity index (χ2v) is 7.82. The van der Waals surface area contributed by atoms with E-state index in [0.29, 0.717) is 5.56 Å². The fourth-order valence-electron chi connectivity index (χ4n) is 3.01. The summed E-state index contributed by atoms with van der Waals surface area (Å²) in [6.45, 7) is 6.85. The molecule has 0 saturated heterocycles. The third-order valence-electron chi connectivity index (χ3n) is 4.74. The summed E-state index contributed by atoms with van der Waals surface area (Å²) in [6, 6.07) is 2.00. The predicted molar refractivity (Wildman–Crippen MR) is 116 cm³/mol. The van der Waals surface area contributed by atoms with Crippen molar-refractivity contribution < 1.29 is 41.8 Å². The van der Waals surface area contributed by atoms with Crippen LogP contribution in [0.3, 0.4) is 0 Å². The Morgan fingerprint density at radius 2 is 1.53 bits per heavy atom. The molecule has 0 heterocycles. The smallest absolute Gasteiger partial charge is 0.416 e. The molecule has 190 valence electrons. The number of carbonyl (C=O) groups is 4.